The van der Waals surface area contributed by atoms with Crippen LogP contribution >= 0.6 is 0 Å². The molecule has 2 aromatic carbocycles. The van der Waals surface area contributed by atoms with Crippen molar-refractivity contribution in [2.24, 2.45) is 5.41 Å². The Balaban J connectivity index is 0.000000420. The van der Waals surface area contributed by atoms with E-state index in [1.54, 1.807) is 0 Å². The molecule has 0 heterocycles. The number of benzene rings is 2. The number of rotatable bonds is 6. The normalized spacial score (nSPS) is 13.0. The lowest BCUT2D eigenvalue weighted by molar-refractivity contribution is -0.0163. The zero-order valence-corrected chi connectivity index (χ0v) is 23.5. The van der Waals surface area contributed by atoms with Crippen LogP contribution in [0.2, 0.25) is 0 Å². The molecule has 0 aliphatic heterocycles. The van der Waals surface area contributed by atoms with Gasteiger partial charge in [0, 0.05) is 6.61 Å². The molecule has 2 aromatic rings. The second kappa shape index (κ2) is 11.7. The van der Waals surface area contributed by atoms with Gasteiger partial charge in [-0.15, -0.1) is 0 Å². The number of fused-ring (bicyclic) bond motifs is 1. The standard InChI is InChI=1S/C20H28O2.C10H22O/c1-19(2,3)18-9-7-8-15-14-16(10-11-17(15)18)21-12-13-22-20(4,5)6;1-9(2,3)7-8-11-10(4,5)6/h7-11,14H,12-13H2,1-6H3;7-8H2,1-6H3. The van der Waals surface area contributed by atoms with Gasteiger partial charge in [0.25, 0.3) is 0 Å². The predicted octanol–water partition coefficient (Wildman–Crippen LogP) is 8.57. The molecule has 3 nitrogen and oxygen atoms in total. The van der Waals surface area contributed by atoms with Gasteiger partial charge >= 0.3 is 0 Å². The van der Waals surface area contributed by atoms with Gasteiger partial charge in [-0.25, -0.2) is 0 Å². The van der Waals surface area contributed by atoms with E-state index < -0.39 is 0 Å². The molecule has 0 atom stereocenters. The lowest BCUT2D eigenvalue weighted by Gasteiger charge is -2.23. The molecule has 0 spiro atoms. The first-order valence-corrected chi connectivity index (χ1v) is 12.3. The van der Waals surface area contributed by atoms with E-state index in [4.69, 9.17) is 14.2 Å². The zero-order chi connectivity index (χ0) is 25.5. The van der Waals surface area contributed by atoms with E-state index in [0.717, 1.165) is 18.8 Å². The molecule has 0 aliphatic rings. The van der Waals surface area contributed by atoms with Crippen molar-refractivity contribution in [2.45, 2.75) is 106 Å². The molecule has 0 saturated heterocycles. The van der Waals surface area contributed by atoms with Gasteiger partial charge in [0.05, 0.1) is 17.8 Å². The molecular formula is C30H50O3. The van der Waals surface area contributed by atoms with Crippen molar-refractivity contribution >= 4 is 10.8 Å². The van der Waals surface area contributed by atoms with Crippen LogP contribution in [0.25, 0.3) is 10.8 Å². The predicted molar refractivity (Wildman–Crippen MR) is 144 cm³/mol. The molecule has 0 N–H and O–H groups in total. The number of hydrogen-bond donors (Lipinski definition) is 0. The highest BCUT2D eigenvalue weighted by Gasteiger charge is 2.17. The average molecular weight is 459 g/mol. The van der Waals surface area contributed by atoms with Crippen LogP contribution in [0.1, 0.15) is 95.1 Å². The summed E-state index contributed by atoms with van der Waals surface area (Å²) in [5.74, 6) is 0.899. The summed E-state index contributed by atoms with van der Waals surface area (Å²) in [6.45, 7) is 27.9. The lowest BCUT2D eigenvalue weighted by atomic mass is 9.84. The van der Waals surface area contributed by atoms with Crippen LogP contribution in [0.5, 0.6) is 5.75 Å². The van der Waals surface area contributed by atoms with Gasteiger partial charge in [0.1, 0.15) is 12.4 Å². The third-order valence-corrected chi connectivity index (χ3v) is 4.93. The minimum absolute atomic E-state index is 0.0191. The van der Waals surface area contributed by atoms with Crippen molar-refractivity contribution in [1.82, 2.24) is 0 Å². The minimum Gasteiger partial charge on any atom is -0.491 e. The SMILES string of the molecule is CC(C)(C)CCOC(C)(C)C.CC(C)(C)OCCOc1ccc2c(C(C)(C)C)cccc2c1. The second-order valence-corrected chi connectivity index (χ2v) is 13.0. The summed E-state index contributed by atoms with van der Waals surface area (Å²) in [7, 11) is 0. The molecule has 0 radical (unpaired) electrons. The van der Waals surface area contributed by atoms with Crippen molar-refractivity contribution in [1.29, 1.82) is 0 Å². The van der Waals surface area contributed by atoms with E-state index >= 15 is 0 Å². The van der Waals surface area contributed by atoms with Gasteiger partial charge in [0.15, 0.2) is 0 Å². The summed E-state index contributed by atoms with van der Waals surface area (Å²) in [6, 6.07) is 12.8. The quantitative estimate of drug-likeness (QED) is 0.406. The van der Waals surface area contributed by atoms with E-state index in [1.165, 1.54) is 16.3 Å². The van der Waals surface area contributed by atoms with Gasteiger partial charge in [-0.1, -0.05) is 65.8 Å². The molecule has 2 rings (SSSR count). The van der Waals surface area contributed by atoms with Gasteiger partial charge in [-0.3, -0.25) is 0 Å². The Hall–Kier alpha value is -1.58. The lowest BCUT2D eigenvalue weighted by Crippen LogP contribution is -2.22. The zero-order valence-electron chi connectivity index (χ0n) is 23.5. The van der Waals surface area contributed by atoms with E-state index in [-0.39, 0.29) is 16.6 Å². The molecule has 0 fully saturated rings. The fourth-order valence-electron chi connectivity index (χ4n) is 3.18. The van der Waals surface area contributed by atoms with Gasteiger partial charge in [-0.2, -0.15) is 0 Å². The summed E-state index contributed by atoms with van der Waals surface area (Å²) < 4.78 is 17.1. The Morgan fingerprint density at radius 2 is 1.21 bits per heavy atom. The Bertz CT molecular complexity index is 826. The topological polar surface area (TPSA) is 27.7 Å². The second-order valence-electron chi connectivity index (χ2n) is 13.0. The summed E-state index contributed by atoms with van der Waals surface area (Å²) in [4.78, 5) is 0. The van der Waals surface area contributed by atoms with Crippen LogP contribution in [-0.2, 0) is 14.9 Å². The van der Waals surface area contributed by atoms with E-state index in [0.29, 0.717) is 18.6 Å². The third kappa shape index (κ3) is 13.0. The largest absolute Gasteiger partial charge is 0.491 e. The fraction of sp³-hybridized carbons (Fsp3) is 0.667. The molecule has 0 unspecified atom stereocenters. The summed E-state index contributed by atoms with van der Waals surface area (Å²) in [5.41, 5.74) is 1.81. The Morgan fingerprint density at radius 1 is 0.636 bits per heavy atom. The molecular weight excluding hydrogens is 408 g/mol. The molecule has 0 bridgehead atoms. The number of hydrogen-bond acceptors (Lipinski definition) is 3. The molecule has 188 valence electrons. The Kier molecular flexibility index (Phi) is 10.5. The molecule has 0 aliphatic carbocycles. The summed E-state index contributed by atoms with van der Waals surface area (Å²) in [6.07, 6.45) is 1.13. The first kappa shape index (κ1) is 29.5. The van der Waals surface area contributed by atoms with Crippen molar-refractivity contribution in [3.8, 4) is 5.75 Å². The van der Waals surface area contributed by atoms with Crippen LogP contribution in [0, 0.1) is 5.41 Å². The van der Waals surface area contributed by atoms with Crippen molar-refractivity contribution < 1.29 is 14.2 Å². The van der Waals surface area contributed by atoms with Crippen LogP contribution in [0.15, 0.2) is 36.4 Å². The number of ether oxygens (including phenoxy) is 3. The summed E-state index contributed by atoms with van der Waals surface area (Å²) >= 11 is 0. The monoisotopic (exact) mass is 458 g/mol. The van der Waals surface area contributed by atoms with Crippen molar-refractivity contribution in [3.63, 3.8) is 0 Å². The van der Waals surface area contributed by atoms with E-state index in [1.807, 2.05) is 0 Å². The molecule has 33 heavy (non-hydrogen) atoms. The molecule has 3 heteroatoms. The van der Waals surface area contributed by atoms with E-state index in [9.17, 15) is 0 Å². The van der Waals surface area contributed by atoms with Crippen LogP contribution in [0.4, 0.5) is 0 Å². The Morgan fingerprint density at radius 3 is 1.73 bits per heavy atom. The highest BCUT2D eigenvalue weighted by Crippen LogP contribution is 2.31. The fourth-order valence-corrected chi connectivity index (χ4v) is 3.18. The third-order valence-electron chi connectivity index (χ3n) is 4.93. The van der Waals surface area contributed by atoms with Crippen LogP contribution < -0.4 is 4.74 Å². The first-order valence-electron chi connectivity index (χ1n) is 12.3. The van der Waals surface area contributed by atoms with Gasteiger partial charge < -0.3 is 14.2 Å². The molecule has 0 aromatic heterocycles. The van der Waals surface area contributed by atoms with Crippen LogP contribution in [-0.4, -0.2) is 31.0 Å². The maximum atomic E-state index is 5.81. The van der Waals surface area contributed by atoms with Crippen molar-refractivity contribution in [3.05, 3.63) is 42.0 Å². The van der Waals surface area contributed by atoms with E-state index in [2.05, 4.69) is 119 Å². The maximum absolute atomic E-state index is 5.81. The smallest absolute Gasteiger partial charge is 0.120 e. The molecule has 0 amide bonds. The van der Waals surface area contributed by atoms with Gasteiger partial charge in [-0.05, 0) is 87.3 Å². The summed E-state index contributed by atoms with van der Waals surface area (Å²) in [5, 5.41) is 2.52. The van der Waals surface area contributed by atoms with Crippen molar-refractivity contribution in [2.75, 3.05) is 19.8 Å². The van der Waals surface area contributed by atoms with Crippen LogP contribution in [0.3, 0.4) is 0 Å². The highest BCUT2D eigenvalue weighted by molar-refractivity contribution is 5.87. The maximum Gasteiger partial charge on any atom is 0.120 e. The van der Waals surface area contributed by atoms with Gasteiger partial charge in [0.2, 0.25) is 0 Å². The minimum atomic E-state index is -0.117. The average Bonchev–Trinajstić information content (AvgIpc) is 2.61. The first-order chi connectivity index (χ1) is 14.9. The molecule has 0 saturated carbocycles. The highest BCUT2D eigenvalue weighted by atomic mass is 16.5. The Labute approximate surface area is 204 Å².